The third kappa shape index (κ3) is 5.88. The standard InChI is InChI=1S/C23H36BrN3O2/c1-17-8-6-7-11-25(17)16-19-14-20(24)9-10-21(19)26-12-13-27(18(2)15-26)22(28)29-23(3,4)5/h9-10,14,17-18H,6-8,11-13,15-16H2,1-5H3. The summed E-state index contributed by atoms with van der Waals surface area (Å²) in [5.74, 6) is 0. The molecule has 2 unspecified atom stereocenters. The van der Waals surface area contributed by atoms with E-state index in [9.17, 15) is 4.79 Å². The van der Waals surface area contributed by atoms with Crippen molar-refractivity contribution in [2.75, 3.05) is 31.1 Å². The number of rotatable bonds is 3. The van der Waals surface area contributed by atoms with Crippen molar-refractivity contribution in [3.8, 4) is 0 Å². The first kappa shape index (κ1) is 22.4. The smallest absolute Gasteiger partial charge is 0.410 e. The minimum absolute atomic E-state index is 0.115. The summed E-state index contributed by atoms with van der Waals surface area (Å²) < 4.78 is 6.72. The first-order valence-corrected chi connectivity index (χ1v) is 11.7. The number of carbonyl (C=O) groups excluding carboxylic acids is 1. The second kappa shape index (κ2) is 9.25. The van der Waals surface area contributed by atoms with Gasteiger partial charge in [-0.05, 0) is 77.8 Å². The zero-order chi connectivity index (χ0) is 21.2. The largest absolute Gasteiger partial charge is 0.444 e. The Hall–Kier alpha value is -1.27. The Labute approximate surface area is 184 Å². The predicted octanol–water partition coefficient (Wildman–Crippen LogP) is 5.27. The average Bonchev–Trinajstić information content (AvgIpc) is 2.62. The molecule has 2 saturated heterocycles. The number of hydrogen-bond donors (Lipinski definition) is 0. The molecule has 2 aliphatic rings. The molecule has 2 heterocycles. The normalized spacial score (nSPS) is 23.9. The molecule has 3 rings (SSSR count). The van der Waals surface area contributed by atoms with Gasteiger partial charge in [-0.15, -0.1) is 0 Å². The number of ether oxygens (including phenoxy) is 1. The van der Waals surface area contributed by atoms with Gasteiger partial charge in [-0.2, -0.15) is 0 Å². The second-order valence-electron chi connectivity index (χ2n) is 9.56. The molecule has 1 amide bonds. The molecule has 0 saturated carbocycles. The molecule has 6 heteroatoms. The Morgan fingerprint density at radius 3 is 2.55 bits per heavy atom. The van der Waals surface area contributed by atoms with E-state index < -0.39 is 5.60 Å². The van der Waals surface area contributed by atoms with Crippen LogP contribution in [0.15, 0.2) is 22.7 Å². The molecule has 0 N–H and O–H groups in total. The molecule has 0 aromatic heterocycles. The van der Waals surface area contributed by atoms with Crippen LogP contribution in [0, 0.1) is 0 Å². The number of piperidine rings is 1. The topological polar surface area (TPSA) is 36.0 Å². The number of benzene rings is 1. The van der Waals surface area contributed by atoms with Gasteiger partial charge in [-0.1, -0.05) is 22.4 Å². The predicted molar refractivity (Wildman–Crippen MR) is 122 cm³/mol. The van der Waals surface area contributed by atoms with Gasteiger partial charge in [0, 0.05) is 48.4 Å². The van der Waals surface area contributed by atoms with E-state index in [4.69, 9.17) is 4.74 Å². The summed E-state index contributed by atoms with van der Waals surface area (Å²) in [6.45, 7) is 14.7. The van der Waals surface area contributed by atoms with Gasteiger partial charge in [0.25, 0.3) is 0 Å². The van der Waals surface area contributed by atoms with Gasteiger partial charge in [0.2, 0.25) is 0 Å². The fourth-order valence-corrected chi connectivity index (χ4v) is 4.78. The van der Waals surface area contributed by atoms with E-state index in [-0.39, 0.29) is 12.1 Å². The lowest BCUT2D eigenvalue weighted by Gasteiger charge is -2.42. The lowest BCUT2D eigenvalue weighted by molar-refractivity contribution is 0.0159. The van der Waals surface area contributed by atoms with Gasteiger partial charge in [-0.3, -0.25) is 4.90 Å². The molecule has 162 valence electrons. The minimum Gasteiger partial charge on any atom is -0.444 e. The Balaban J connectivity index is 1.72. The van der Waals surface area contributed by atoms with E-state index in [1.54, 1.807) is 0 Å². The van der Waals surface area contributed by atoms with Crippen LogP contribution in [0.1, 0.15) is 59.4 Å². The van der Waals surface area contributed by atoms with E-state index in [2.05, 4.69) is 57.8 Å². The third-order valence-corrected chi connectivity index (χ3v) is 6.44. The number of piperazine rings is 1. The highest BCUT2D eigenvalue weighted by atomic mass is 79.9. The Morgan fingerprint density at radius 2 is 1.90 bits per heavy atom. The van der Waals surface area contributed by atoms with Crippen molar-refractivity contribution in [1.29, 1.82) is 0 Å². The molecule has 2 fully saturated rings. The van der Waals surface area contributed by atoms with Crippen molar-refractivity contribution in [3.63, 3.8) is 0 Å². The van der Waals surface area contributed by atoms with Crippen LogP contribution < -0.4 is 4.90 Å². The van der Waals surface area contributed by atoms with Crippen molar-refractivity contribution in [1.82, 2.24) is 9.80 Å². The summed E-state index contributed by atoms with van der Waals surface area (Å²) in [6, 6.07) is 7.37. The fraction of sp³-hybridized carbons (Fsp3) is 0.696. The zero-order valence-corrected chi connectivity index (χ0v) is 20.2. The summed E-state index contributed by atoms with van der Waals surface area (Å²) in [4.78, 5) is 19.5. The number of halogens is 1. The first-order chi connectivity index (χ1) is 13.6. The van der Waals surface area contributed by atoms with Crippen LogP contribution in [-0.2, 0) is 11.3 Å². The third-order valence-electron chi connectivity index (χ3n) is 5.95. The van der Waals surface area contributed by atoms with Crippen LogP contribution in [0.2, 0.25) is 0 Å². The second-order valence-corrected chi connectivity index (χ2v) is 10.5. The van der Waals surface area contributed by atoms with Crippen LogP contribution in [0.4, 0.5) is 10.5 Å². The van der Waals surface area contributed by atoms with Crippen molar-refractivity contribution in [2.45, 2.75) is 78.1 Å². The molecule has 1 aromatic rings. The highest BCUT2D eigenvalue weighted by Gasteiger charge is 2.32. The van der Waals surface area contributed by atoms with E-state index in [0.717, 1.165) is 24.1 Å². The van der Waals surface area contributed by atoms with Crippen molar-refractivity contribution >= 4 is 27.7 Å². The minimum atomic E-state index is -0.460. The zero-order valence-electron chi connectivity index (χ0n) is 18.6. The number of amides is 1. The van der Waals surface area contributed by atoms with E-state index in [0.29, 0.717) is 12.6 Å². The summed E-state index contributed by atoms with van der Waals surface area (Å²) in [6.07, 6.45) is 3.71. The van der Waals surface area contributed by atoms with E-state index in [1.807, 2.05) is 25.7 Å². The number of carbonyl (C=O) groups is 1. The van der Waals surface area contributed by atoms with E-state index >= 15 is 0 Å². The maximum atomic E-state index is 12.6. The van der Waals surface area contributed by atoms with Crippen LogP contribution >= 0.6 is 15.9 Å². The maximum absolute atomic E-state index is 12.6. The van der Waals surface area contributed by atoms with Gasteiger partial charge in [0.15, 0.2) is 0 Å². The SMILES string of the molecule is CC1CCCCN1Cc1cc(Br)ccc1N1CCN(C(=O)OC(C)(C)C)C(C)C1. The molecule has 1 aromatic carbocycles. The van der Waals surface area contributed by atoms with Gasteiger partial charge >= 0.3 is 6.09 Å². The van der Waals surface area contributed by atoms with Crippen molar-refractivity contribution in [2.24, 2.45) is 0 Å². The fourth-order valence-electron chi connectivity index (χ4n) is 4.37. The van der Waals surface area contributed by atoms with Crippen molar-refractivity contribution in [3.05, 3.63) is 28.2 Å². The molecule has 5 nitrogen and oxygen atoms in total. The van der Waals surface area contributed by atoms with Gasteiger partial charge < -0.3 is 14.5 Å². The molecule has 2 aliphatic heterocycles. The van der Waals surface area contributed by atoms with Crippen LogP contribution in [-0.4, -0.2) is 59.8 Å². The average molecular weight is 466 g/mol. The Morgan fingerprint density at radius 1 is 1.14 bits per heavy atom. The lowest BCUT2D eigenvalue weighted by Crippen LogP contribution is -2.55. The summed E-state index contributed by atoms with van der Waals surface area (Å²) in [7, 11) is 0. The summed E-state index contributed by atoms with van der Waals surface area (Å²) in [5, 5.41) is 0. The number of anilines is 1. The summed E-state index contributed by atoms with van der Waals surface area (Å²) in [5.41, 5.74) is 2.20. The molecular weight excluding hydrogens is 430 g/mol. The molecule has 29 heavy (non-hydrogen) atoms. The lowest BCUT2D eigenvalue weighted by atomic mass is 10.0. The van der Waals surface area contributed by atoms with Gasteiger partial charge in [0.05, 0.1) is 0 Å². The Kier molecular flexibility index (Phi) is 7.15. The first-order valence-electron chi connectivity index (χ1n) is 10.9. The number of hydrogen-bond acceptors (Lipinski definition) is 4. The van der Waals surface area contributed by atoms with Gasteiger partial charge in [0.1, 0.15) is 5.60 Å². The van der Waals surface area contributed by atoms with Gasteiger partial charge in [-0.25, -0.2) is 4.79 Å². The maximum Gasteiger partial charge on any atom is 0.410 e. The molecule has 0 aliphatic carbocycles. The Bertz CT molecular complexity index is 719. The monoisotopic (exact) mass is 465 g/mol. The molecule has 2 atom stereocenters. The molecule has 0 radical (unpaired) electrons. The highest BCUT2D eigenvalue weighted by Crippen LogP contribution is 2.30. The van der Waals surface area contributed by atoms with E-state index in [1.165, 1.54) is 37.1 Å². The van der Waals surface area contributed by atoms with Crippen LogP contribution in [0.25, 0.3) is 0 Å². The van der Waals surface area contributed by atoms with Crippen molar-refractivity contribution < 1.29 is 9.53 Å². The molecule has 0 bridgehead atoms. The highest BCUT2D eigenvalue weighted by molar-refractivity contribution is 9.10. The number of likely N-dealkylation sites (tertiary alicyclic amines) is 1. The summed E-state index contributed by atoms with van der Waals surface area (Å²) >= 11 is 3.66. The quantitative estimate of drug-likeness (QED) is 0.608. The molecular formula is C23H36BrN3O2. The molecule has 0 spiro atoms. The van der Waals surface area contributed by atoms with Crippen LogP contribution in [0.3, 0.4) is 0 Å². The van der Waals surface area contributed by atoms with Crippen LogP contribution in [0.5, 0.6) is 0 Å². The number of nitrogens with zero attached hydrogens (tertiary/aromatic N) is 3.